The molecule has 0 unspecified atom stereocenters. The number of carbonyl (C=O) groups excluding carboxylic acids is 1. The number of rotatable bonds is 3. The van der Waals surface area contributed by atoms with Gasteiger partial charge in [-0.1, -0.05) is 22.9 Å². The Morgan fingerprint density at radius 1 is 1.15 bits per heavy atom. The van der Waals surface area contributed by atoms with Crippen LogP contribution in [0.4, 0.5) is 5.13 Å². The minimum Gasteiger partial charge on any atom is -0.375 e. The molecule has 6 rings (SSSR count). The van der Waals surface area contributed by atoms with Gasteiger partial charge in [-0.15, -0.1) is 0 Å². The number of pyridine rings is 1. The molecule has 1 amide bonds. The molecule has 0 radical (unpaired) electrons. The molecule has 7 nitrogen and oxygen atoms in total. The van der Waals surface area contributed by atoms with E-state index in [9.17, 15) is 4.79 Å². The molecule has 4 aromatic rings. The van der Waals surface area contributed by atoms with E-state index in [0.717, 1.165) is 77.5 Å². The fraction of sp³-hybridized carbons (Fsp3) is 0.250. The summed E-state index contributed by atoms with van der Waals surface area (Å²) >= 11 is 8.23. The van der Waals surface area contributed by atoms with Crippen molar-refractivity contribution >= 4 is 34.0 Å². The van der Waals surface area contributed by atoms with Gasteiger partial charge in [0.25, 0.3) is 5.91 Å². The predicted molar refractivity (Wildman–Crippen MR) is 130 cm³/mol. The van der Waals surface area contributed by atoms with Crippen LogP contribution in [-0.4, -0.2) is 43.6 Å². The molecular formula is C24H21ClN6OS. The first kappa shape index (κ1) is 20.4. The first-order chi connectivity index (χ1) is 16.1. The van der Waals surface area contributed by atoms with E-state index in [1.165, 1.54) is 11.3 Å². The second-order valence-corrected chi connectivity index (χ2v) is 9.76. The molecule has 1 aliphatic carbocycles. The predicted octanol–water partition coefficient (Wildman–Crippen LogP) is 4.63. The molecule has 2 N–H and O–H groups in total. The first-order valence-corrected chi connectivity index (χ1v) is 12.2. The van der Waals surface area contributed by atoms with Gasteiger partial charge in [-0.3, -0.25) is 9.78 Å². The summed E-state index contributed by atoms with van der Waals surface area (Å²) in [7, 11) is 0. The monoisotopic (exact) mass is 476 g/mol. The lowest BCUT2D eigenvalue weighted by atomic mass is 9.95. The molecule has 4 heterocycles. The van der Waals surface area contributed by atoms with Gasteiger partial charge < -0.3 is 10.6 Å². The third-order valence-electron chi connectivity index (χ3n) is 6.28. The normalized spacial score (nSPS) is 14.9. The molecule has 0 atom stereocenters. The number of amides is 1. The van der Waals surface area contributed by atoms with Gasteiger partial charge in [0, 0.05) is 42.2 Å². The molecule has 33 heavy (non-hydrogen) atoms. The highest BCUT2D eigenvalue weighted by Gasteiger charge is 2.30. The standard InChI is InChI=1S/C24H21ClN6OS/c25-17-12-14(23(32)30-10-1-2-11-30)5-8-19(17)31-21-16(6-7-18-22(21)33-24(26)28-18)20(29-31)15-4-3-9-27-13-15/h3-5,8-9,12-13H,1-2,6-7,10-11H2,(H2,26,28). The minimum atomic E-state index is 0.0250. The highest BCUT2D eigenvalue weighted by Crippen LogP contribution is 2.44. The maximum absolute atomic E-state index is 12.9. The van der Waals surface area contributed by atoms with E-state index in [2.05, 4.69) is 9.97 Å². The lowest BCUT2D eigenvalue weighted by Crippen LogP contribution is -2.27. The summed E-state index contributed by atoms with van der Waals surface area (Å²) < 4.78 is 1.87. The number of anilines is 1. The first-order valence-electron chi connectivity index (χ1n) is 11.0. The van der Waals surface area contributed by atoms with Crippen LogP contribution in [0.2, 0.25) is 5.02 Å². The average Bonchev–Trinajstić information content (AvgIpc) is 3.57. The summed E-state index contributed by atoms with van der Waals surface area (Å²) in [5.74, 6) is 0.0250. The van der Waals surface area contributed by atoms with E-state index in [1.807, 2.05) is 40.0 Å². The number of hydrogen-bond acceptors (Lipinski definition) is 6. The molecule has 0 bridgehead atoms. The summed E-state index contributed by atoms with van der Waals surface area (Å²) in [6.45, 7) is 1.60. The molecule has 166 valence electrons. The highest BCUT2D eigenvalue weighted by molar-refractivity contribution is 7.18. The zero-order chi connectivity index (χ0) is 22.5. The molecule has 0 saturated carbocycles. The molecule has 1 aliphatic heterocycles. The number of thiazole rings is 1. The summed E-state index contributed by atoms with van der Waals surface area (Å²) in [6.07, 6.45) is 7.29. The van der Waals surface area contributed by atoms with Crippen molar-refractivity contribution in [3.8, 4) is 27.5 Å². The number of carbonyl (C=O) groups is 1. The van der Waals surface area contributed by atoms with Crippen LogP contribution in [0.1, 0.15) is 34.5 Å². The van der Waals surface area contributed by atoms with Crippen molar-refractivity contribution in [2.75, 3.05) is 18.8 Å². The van der Waals surface area contributed by atoms with Crippen molar-refractivity contribution in [3.63, 3.8) is 0 Å². The molecule has 9 heteroatoms. The third kappa shape index (κ3) is 3.41. The van der Waals surface area contributed by atoms with Crippen molar-refractivity contribution in [2.45, 2.75) is 25.7 Å². The zero-order valence-electron chi connectivity index (χ0n) is 17.8. The Morgan fingerprint density at radius 2 is 2.00 bits per heavy atom. The van der Waals surface area contributed by atoms with Gasteiger partial charge >= 0.3 is 0 Å². The number of aromatic nitrogens is 4. The number of aryl methyl sites for hydroxylation is 1. The summed E-state index contributed by atoms with van der Waals surface area (Å²) in [5.41, 5.74) is 12.3. The smallest absolute Gasteiger partial charge is 0.253 e. The Morgan fingerprint density at radius 3 is 2.76 bits per heavy atom. The number of hydrogen-bond donors (Lipinski definition) is 1. The second-order valence-electron chi connectivity index (χ2n) is 8.32. The highest BCUT2D eigenvalue weighted by atomic mass is 35.5. The third-order valence-corrected chi connectivity index (χ3v) is 7.51. The molecule has 3 aromatic heterocycles. The van der Waals surface area contributed by atoms with Crippen molar-refractivity contribution in [1.82, 2.24) is 24.6 Å². The summed E-state index contributed by atoms with van der Waals surface area (Å²) in [6, 6.07) is 9.39. The maximum atomic E-state index is 12.9. The largest absolute Gasteiger partial charge is 0.375 e. The lowest BCUT2D eigenvalue weighted by molar-refractivity contribution is 0.0793. The van der Waals surface area contributed by atoms with Gasteiger partial charge in [-0.05, 0) is 56.0 Å². The van der Waals surface area contributed by atoms with Crippen LogP contribution >= 0.6 is 22.9 Å². The summed E-state index contributed by atoms with van der Waals surface area (Å²) in [4.78, 5) is 24.6. The lowest BCUT2D eigenvalue weighted by Gasteiger charge is -2.17. The molecule has 1 aromatic carbocycles. The zero-order valence-corrected chi connectivity index (χ0v) is 19.4. The van der Waals surface area contributed by atoms with E-state index < -0.39 is 0 Å². The van der Waals surface area contributed by atoms with Gasteiger partial charge in [0.05, 0.1) is 32.7 Å². The number of nitrogens with two attached hydrogens (primary N) is 1. The Hall–Kier alpha value is -3.23. The van der Waals surface area contributed by atoms with Crippen LogP contribution in [0.25, 0.3) is 27.5 Å². The van der Waals surface area contributed by atoms with E-state index >= 15 is 0 Å². The van der Waals surface area contributed by atoms with Crippen LogP contribution in [0.15, 0.2) is 42.7 Å². The van der Waals surface area contributed by atoms with Crippen LogP contribution in [0, 0.1) is 0 Å². The molecule has 1 saturated heterocycles. The summed E-state index contributed by atoms with van der Waals surface area (Å²) in [5, 5.41) is 6.01. The van der Waals surface area contributed by atoms with Crippen LogP contribution in [0.5, 0.6) is 0 Å². The second kappa shape index (κ2) is 7.97. The molecular weight excluding hydrogens is 456 g/mol. The quantitative estimate of drug-likeness (QED) is 0.465. The van der Waals surface area contributed by atoms with Crippen LogP contribution in [-0.2, 0) is 12.8 Å². The Bertz CT molecular complexity index is 1370. The fourth-order valence-corrected chi connectivity index (χ4v) is 5.91. The van der Waals surface area contributed by atoms with Crippen LogP contribution in [0.3, 0.4) is 0 Å². The van der Waals surface area contributed by atoms with Gasteiger partial charge in [-0.25, -0.2) is 9.67 Å². The van der Waals surface area contributed by atoms with E-state index in [1.54, 1.807) is 12.3 Å². The van der Waals surface area contributed by atoms with E-state index in [-0.39, 0.29) is 5.91 Å². The number of halogens is 1. The Balaban J connectivity index is 1.50. The van der Waals surface area contributed by atoms with Gasteiger partial charge in [0.1, 0.15) is 0 Å². The SMILES string of the molecule is Nc1nc2c(s1)-c1c(c(-c3cccnc3)nn1-c1ccc(C(=O)N3CCCC3)cc1Cl)CC2. The number of likely N-dealkylation sites (tertiary alicyclic amines) is 1. The van der Waals surface area contributed by atoms with Crippen molar-refractivity contribution in [2.24, 2.45) is 0 Å². The topological polar surface area (TPSA) is 89.9 Å². The maximum Gasteiger partial charge on any atom is 0.253 e. The van der Waals surface area contributed by atoms with Gasteiger partial charge in [0.2, 0.25) is 0 Å². The number of benzene rings is 1. The number of nitrogens with zero attached hydrogens (tertiary/aromatic N) is 5. The van der Waals surface area contributed by atoms with Crippen molar-refractivity contribution < 1.29 is 4.79 Å². The number of fused-ring (bicyclic) bond motifs is 3. The fourth-order valence-electron chi connectivity index (χ4n) is 4.71. The van der Waals surface area contributed by atoms with Crippen molar-refractivity contribution in [3.05, 3.63) is 64.6 Å². The Labute approximate surface area is 199 Å². The molecule has 1 fully saturated rings. The average molecular weight is 477 g/mol. The Kier molecular flexibility index (Phi) is 4.92. The number of nitrogen functional groups attached to an aromatic ring is 1. The van der Waals surface area contributed by atoms with Gasteiger partial charge in [-0.2, -0.15) is 5.10 Å². The molecule has 0 spiro atoms. The van der Waals surface area contributed by atoms with Crippen LogP contribution < -0.4 is 5.73 Å². The van der Waals surface area contributed by atoms with E-state index in [0.29, 0.717) is 15.7 Å². The van der Waals surface area contributed by atoms with Gasteiger partial charge in [0.15, 0.2) is 5.13 Å². The molecule has 2 aliphatic rings. The van der Waals surface area contributed by atoms with E-state index in [4.69, 9.17) is 22.4 Å². The minimum absolute atomic E-state index is 0.0250. The van der Waals surface area contributed by atoms with Crippen molar-refractivity contribution in [1.29, 1.82) is 0 Å².